The molecule has 0 fully saturated rings. The zero-order valence-electron chi connectivity index (χ0n) is 11.6. The molecule has 2 aromatic carbocycles. The molecule has 1 unspecified atom stereocenters. The third-order valence-electron chi connectivity index (χ3n) is 3.15. The van der Waals surface area contributed by atoms with Gasteiger partial charge in [-0.05, 0) is 45.8 Å². The number of hydrogen-bond donors (Lipinski definition) is 1. The molecule has 22 heavy (non-hydrogen) atoms. The quantitative estimate of drug-likeness (QED) is 0.708. The normalized spacial score (nSPS) is 18.7. The van der Waals surface area contributed by atoms with Gasteiger partial charge >= 0.3 is 0 Å². The second kappa shape index (κ2) is 7.31. The minimum absolute atomic E-state index is 0.443. The number of benzene rings is 2. The molecule has 1 aliphatic heterocycles. The van der Waals surface area contributed by atoms with E-state index in [0.717, 1.165) is 20.5 Å². The van der Waals surface area contributed by atoms with E-state index in [2.05, 4.69) is 38.3 Å². The molecule has 0 aromatic heterocycles. The van der Waals surface area contributed by atoms with Gasteiger partial charge in [-0.1, -0.05) is 41.9 Å². The Morgan fingerprint density at radius 3 is 2.45 bits per heavy atom. The van der Waals surface area contributed by atoms with Crippen molar-refractivity contribution in [3.05, 3.63) is 65.2 Å². The Morgan fingerprint density at radius 1 is 1.00 bits per heavy atom. The van der Waals surface area contributed by atoms with Crippen molar-refractivity contribution < 1.29 is 4.74 Å². The summed E-state index contributed by atoms with van der Waals surface area (Å²) in [5.41, 5.74) is 1.28. The Hall–Kier alpha value is -1.30. The number of ether oxygens (including phenoxy) is 1. The van der Waals surface area contributed by atoms with Crippen LogP contribution in [0.5, 0.6) is 5.75 Å². The smallest absolute Gasteiger partial charge is 0.147 e. The van der Waals surface area contributed by atoms with E-state index in [0.29, 0.717) is 11.6 Å². The Kier molecular flexibility index (Phi) is 5.18. The minimum Gasteiger partial charge on any atom is -0.487 e. The fourth-order valence-corrected chi connectivity index (χ4v) is 4.84. The van der Waals surface area contributed by atoms with E-state index in [9.17, 15) is 0 Å². The van der Waals surface area contributed by atoms with Crippen LogP contribution in [-0.4, -0.2) is 15.6 Å². The van der Waals surface area contributed by atoms with Gasteiger partial charge in [-0.25, -0.2) is 0 Å². The number of nitrogens with zero attached hydrogens (tertiary/aromatic N) is 2. The van der Waals surface area contributed by atoms with Gasteiger partial charge in [0.25, 0.3) is 0 Å². The van der Waals surface area contributed by atoms with Gasteiger partial charge in [0.1, 0.15) is 21.4 Å². The molecule has 6 heteroatoms. The first-order chi connectivity index (χ1) is 10.7. The van der Waals surface area contributed by atoms with Crippen LogP contribution in [0, 0.1) is 0 Å². The summed E-state index contributed by atoms with van der Waals surface area (Å²) in [7, 11) is -0.583. The molecule has 1 aliphatic rings. The first-order valence-corrected chi connectivity index (χ1v) is 9.42. The average molecular weight is 398 g/mol. The summed E-state index contributed by atoms with van der Waals surface area (Å²) in [6.45, 7) is 0.443. The van der Waals surface area contributed by atoms with Gasteiger partial charge in [-0.3, -0.25) is 0 Å². The molecule has 0 amide bonds. The zero-order chi connectivity index (χ0) is 15.4. The predicted octanol–water partition coefficient (Wildman–Crippen LogP) is 5.00. The summed E-state index contributed by atoms with van der Waals surface area (Å²) in [5, 5.41) is 10.1. The molecule has 2 aromatic rings. The summed E-state index contributed by atoms with van der Waals surface area (Å²) < 4.78 is 6.71. The molecule has 0 bridgehead atoms. The van der Waals surface area contributed by atoms with Crippen LogP contribution in [0.1, 0.15) is 5.56 Å². The molecule has 0 aliphatic carbocycles. The van der Waals surface area contributed by atoms with E-state index < -0.39 is 10.9 Å². The van der Waals surface area contributed by atoms with E-state index in [1.165, 1.54) is 5.56 Å². The van der Waals surface area contributed by atoms with Gasteiger partial charge < -0.3 is 4.74 Å². The highest BCUT2D eigenvalue weighted by Gasteiger charge is 2.22. The first-order valence-electron chi connectivity index (χ1n) is 6.72. The molecule has 0 radical (unpaired) electrons. The van der Waals surface area contributed by atoms with Crippen molar-refractivity contribution in [3.8, 4) is 5.75 Å². The van der Waals surface area contributed by atoms with Crippen LogP contribution in [0.4, 0.5) is 0 Å². The van der Waals surface area contributed by atoms with Crippen LogP contribution in [0.3, 0.4) is 0 Å². The number of thiol groups is 1. The second-order valence-corrected chi connectivity index (χ2v) is 8.61. The van der Waals surface area contributed by atoms with Crippen molar-refractivity contribution >= 4 is 47.4 Å². The van der Waals surface area contributed by atoms with Crippen LogP contribution in [0.15, 0.2) is 64.8 Å². The molecule has 1 atom stereocenters. The van der Waals surface area contributed by atoms with E-state index in [-0.39, 0.29) is 0 Å². The molecule has 114 valence electrons. The molecule has 1 heterocycles. The molecular formula is C16H14BrClN2OS. The highest BCUT2D eigenvalue weighted by molar-refractivity contribution is 9.23. The van der Waals surface area contributed by atoms with Crippen molar-refractivity contribution in [2.45, 2.75) is 5.75 Å². The van der Waals surface area contributed by atoms with Crippen LogP contribution in [-0.2, 0) is 5.75 Å². The Morgan fingerprint density at radius 2 is 1.73 bits per heavy atom. The Bertz CT molecular complexity index is 704. The lowest BCUT2D eigenvalue weighted by molar-refractivity contribution is 0.379. The van der Waals surface area contributed by atoms with E-state index in [1.807, 2.05) is 42.5 Å². The monoisotopic (exact) mass is 396 g/mol. The third-order valence-corrected chi connectivity index (χ3v) is 6.90. The summed E-state index contributed by atoms with van der Waals surface area (Å²) in [6.07, 6.45) is 0. The summed E-state index contributed by atoms with van der Waals surface area (Å²) in [4.78, 5) is 0. The largest absolute Gasteiger partial charge is 0.487 e. The highest BCUT2D eigenvalue weighted by atomic mass is 79.9. The fourth-order valence-electron chi connectivity index (χ4n) is 2.02. The van der Waals surface area contributed by atoms with Crippen molar-refractivity contribution in [2.75, 3.05) is 6.61 Å². The van der Waals surface area contributed by atoms with Gasteiger partial charge in [0.05, 0.1) is 0 Å². The molecule has 0 saturated heterocycles. The van der Waals surface area contributed by atoms with Gasteiger partial charge in [-0.15, -0.1) is 10.2 Å². The van der Waals surface area contributed by atoms with Gasteiger partial charge in [0, 0.05) is 10.8 Å². The van der Waals surface area contributed by atoms with E-state index in [4.69, 9.17) is 16.3 Å². The standard InChI is InChI=1S/C16H14BrClN2OS/c17-16-20-19-15(10-21-14-8-6-13(18)7-9-14)22(16)11-12-4-2-1-3-5-12/h1-9,22H,10-11H2. The summed E-state index contributed by atoms with van der Waals surface area (Å²) in [5.74, 6) is 1.70. The van der Waals surface area contributed by atoms with Gasteiger partial charge in [0.15, 0.2) is 0 Å². The van der Waals surface area contributed by atoms with E-state index >= 15 is 0 Å². The highest BCUT2D eigenvalue weighted by Crippen LogP contribution is 2.40. The number of hydrogen-bond acceptors (Lipinski definition) is 3. The molecule has 3 rings (SSSR count). The SMILES string of the molecule is Clc1ccc(OCC2=NN=C(Br)[SH]2Cc2ccccc2)cc1. The summed E-state index contributed by atoms with van der Waals surface area (Å²) >= 11 is 9.40. The molecule has 3 nitrogen and oxygen atoms in total. The predicted molar refractivity (Wildman–Crippen MR) is 99.9 cm³/mol. The Balaban J connectivity index is 1.64. The molecule has 0 N–H and O–H groups in total. The molecule has 0 spiro atoms. The molecule has 0 saturated carbocycles. The summed E-state index contributed by atoms with van der Waals surface area (Å²) in [6, 6.07) is 17.7. The van der Waals surface area contributed by atoms with Crippen LogP contribution in [0.2, 0.25) is 5.02 Å². The lowest BCUT2D eigenvalue weighted by Gasteiger charge is -2.17. The minimum atomic E-state index is -0.583. The zero-order valence-corrected chi connectivity index (χ0v) is 14.9. The van der Waals surface area contributed by atoms with Crippen molar-refractivity contribution in [3.63, 3.8) is 0 Å². The maximum atomic E-state index is 5.87. The number of halogens is 2. The lowest BCUT2D eigenvalue weighted by atomic mass is 10.2. The van der Waals surface area contributed by atoms with Crippen LogP contribution in [0.25, 0.3) is 0 Å². The average Bonchev–Trinajstić information content (AvgIpc) is 2.88. The Labute approximate surface area is 145 Å². The van der Waals surface area contributed by atoms with Crippen LogP contribution >= 0.6 is 38.4 Å². The van der Waals surface area contributed by atoms with Crippen molar-refractivity contribution in [1.29, 1.82) is 0 Å². The van der Waals surface area contributed by atoms with Gasteiger partial charge in [0.2, 0.25) is 0 Å². The second-order valence-electron chi connectivity index (χ2n) is 4.70. The van der Waals surface area contributed by atoms with E-state index in [1.54, 1.807) is 0 Å². The molecular weight excluding hydrogens is 384 g/mol. The topological polar surface area (TPSA) is 34.0 Å². The lowest BCUT2D eigenvalue weighted by Crippen LogP contribution is -2.12. The van der Waals surface area contributed by atoms with Gasteiger partial charge in [-0.2, -0.15) is 10.9 Å². The van der Waals surface area contributed by atoms with Crippen molar-refractivity contribution in [2.24, 2.45) is 10.2 Å². The van der Waals surface area contributed by atoms with Crippen molar-refractivity contribution in [1.82, 2.24) is 0 Å². The van der Waals surface area contributed by atoms with Crippen LogP contribution < -0.4 is 4.74 Å². The number of rotatable bonds is 5. The third kappa shape index (κ3) is 3.91. The maximum Gasteiger partial charge on any atom is 0.147 e. The maximum absolute atomic E-state index is 5.87. The fraction of sp³-hybridized carbons (Fsp3) is 0.125. The first kappa shape index (κ1) is 15.6.